The Kier molecular flexibility index (Phi) is 5.31. The zero-order valence-electron chi connectivity index (χ0n) is 12.1. The first kappa shape index (κ1) is 16.4. The minimum absolute atomic E-state index is 0.0459. The summed E-state index contributed by atoms with van der Waals surface area (Å²) in [5, 5.41) is 16.3. The van der Waals surface area contributed by atoms with Crippen molar-refractivity contribution in [3.05, 3.63) is 33.8 Å². The van der Waals surface area contributed by atoms with E-state index in [0.29, 0.717) is 29.4 Å². The van der Waals surface area contributed by atoms with Crippen LogP contribution in [0.3, 0.4) is 0 Å². The molecular weight excluding hydrogens is 354 g/mol. The number of hydrogen-bond donors (Lipinski definition) is 2. The quantitative estimate of drug-likeness (QED) is 0.637. The Hall–Kier alpha value is -1.42. The summed E-state index contributed by atoms with van der Waals surface area (Å²) < 4.78 is 7.10. The average molecular weight is 369 g/mol. The minimum atomic E-state index is -0.211. The van der Waals surface area contributed by atoms with Crippen LogP contribution in [-0.4, -0.2) is 51.6 Å². The molecule has 1 amide bonds. The van der Waals surface area contributed by atoms with Crippen molar-refractivity contribution in [1.82, 2.24) is 15.1 Å². The van der Waals surface area contributed by atoms with E-state index in [4.69, 9.17) is 17.0 Å². The van der Waals surface area contributed by atoms with Crippen molar-refractivity contribution < 1.29 is 14.6 Å². The van der Waals surface area contributed by atoms with Gasteiger partial charge >= 0.3 is 0 Å². The van der Waals surface area contributed by atoms with Gasteiger partial charge in [-0.1, -0.05) is 35.2 Å². The van der Waals surface area contributed by atoms with Crippen LogP contribution in [0.15, 0.2) is 28.6 Å². The number of carbonyl (C=O) groups excluding carboxylic acids is 1. The summed E-state index contributed by atoms with van der Waals surface area (Å²) in [5.74, 6) is 0.567. The van der Waals surface area contributed by atoms with Gasteiger partial charge in [0.05, 0.1) is 18.9 Å². The first-order valence-electron chi connectivity index (χ1n) is 6.98. The lowest BCUT2D eigenvalue weighted by molar-refractivity contribution is -0.136. The number of carbonyl (C=O) groups is 1. The molecule has 1 unspecified atom stereocenters. The molecule has 2 N–H and O–H groups in total. The van der Waals surface area contributed by atoms with Gasteiger partial charge in [0.15, 0.2) is 8.29 Å². The van der Waals surface area contributed by atoms with Crippen molar-refractivity contribution in [2.45, 2.75) is 10.4 Å². The van der Waals surface area contributed by atoms with Gasteiger partial charge in [0.2, 0.25) is 5.91 Å². The van der Waals surface area contributed by atoms with Crippen LogP contribution in [0.2, 0.25) is 0 Å². The van der Waals surface area contributed by atoms with Crippen LogP contribution in [0.25, 0.3) is 0 Å². The topological polar surface area (TPSA) is 78.5 Å². The van der Waals surface area contributed by atoms with Crippen LogP contribution in [0.5, 0.6) is 5.75 Å². The molecule has 1 aliphatic rings. The summed E-state index contributed by atoms with van der Waals surface area (Å²) in [5.41, 5.74) is 0.875. The smallest absolute Gasteiger partial charge is 0.233 e. The Morgan fingerprint density at radius 1 is 1.61 bits per heavy atom. The molecule has 3 rings (SSSR count). The van der Waals surface area contributed by atoms with Crippen LogP contribution in [0.4, 0.5) is 0 Å². The highest BCUT2D eigenvalue weighted by Gasteiger charge is 2.25. The Balaban J connectivity index is 1.59. The van der Waals surface area contributed by atoms with E-state index in [1.54, 1.807) is 23.1 Å². The molecular formula is C14H15N3O3S3. The van der Waals surface area contributed by atoms with Crippen LogP contribution in [-0.2, 0) is 9.53 Å². The minimum Gasteiger partial charge on any atom is -0.508 e. The number of hydrogen-bond acceptors (Lipinski definition) is 7. The molecule has 0 bridgehead atoms. The molecule has 1 fully saturated rings. The second-order valence-corrected chi connectivity index (χ2v) is 7.85. The fourth-order valence-corrected chi connectivity index (χ4v) is 4.28. The van der Waals surface area contributed by atoms with Crippen molar-refractivity contribution >= 4 is 41.2 Å². The standard InChI is InChI=1S/C14H15N3O3S3/c18-10-3-1-2-9(6-10)11-7-17(4-5-20-11)12(19)8-22-14-16-15-13(21)23-14/h1-3,6,11,18H,4-5,7-8H2,(H,15,21). The molecule has 1 saturated heterocycles. The van der Waals surface area contributed by atoms with E-state index in [2.05, 4.69) is 10.2 Å². The number of aromatic nitrogens is 2. The number of amides is 1. The molecule has 1 aromatic carbocycles. The van der Waals surface area contributed by atoms with Gasteiger partial charge in [0, 0.05) is 6.54 Å². The maximum absolute atomic E-state index is 12.4. The zero-order valence-corrected chi connectivity index (χ0v) is 14.5. The molecule has 122 valence electrons. The monoisotopic (exact) mass is 369 g/mol. The van der Waals surface area contributed by atoms with Gasteiger partial charge in [0.1, 0.15) is 11.9 Å². The molecule has 1 aliphatic heterocycles. The van der Waals surface area contributed by atoms with Gasteiger partial charge in [-0.15, -0.1) is 0 Å². The molecule has 0 spiro atoms. The third-order valence-electron chi connectivity index (χ3n) is 3.40. The molecule has 1 aromatic heterocycles. The number of phenols is 1. The molecule has 9 heteroatoms. The van der Waals surface area contributed by atoms with Crippen LogP contribution in [0, 0.1) is 3.95 Å². The second kappa shape index (κ2) is 7.43. The number of nitrogens with zero attached hydrogens (tertiary/aromatic N) is 2. The number of benzene rings is 1. The summed E-state index contributed by atoms with van der Waals surface area (Å²) in [6.45, 7) is 1.54. The fourth-order valence-electron chi connectivity index (χ4n) is 2.30. The Bertz CT molecular complexity index is 746. The molecule has 2 heterocycles. The Labute approximate surface area is 146 Å². The Morgan fingerprint density at radius 3 is 3.22 bits per heavy atom. The number of aromatic hydroxyl groups is 1. The van der Waals surface area contributed by atoms with E-state index in [0.717, 1.165) is 9.90 Å². The van der Waals surface area contributed by atoms with Gasteiger partial charge < -0.3 is 14.7 Å². The van der Waals surface area contributed by atoms with Crippen molar-refractivity contribution in [2.75, 3.05) is 25.4 Å². The molecule has 0 aliphatic carbocycles. The Morgan fingerprint density at radius 2 is 2.48 bits per heavy atom. The van der Waals surface area contributed by atoms with Crippen molar-refractivity contribution in [3.8, 4) is 5.75 Å². The number of rotatable bonds is 4. The highest BCUT2D eigenvalue weighted by Crippen LogP contribution is 2.26. The lowest BCUT2D eigenvalue weighted by Gasteiger charge is -2.33. The normalized spacial score (nSPS) is 18.1. The predicted molar refractivity (Wildman–Crippen MR) is 91.4 cm³/mol. The molecule has 1 atom stereocenters. The van der Waals surface area contributed by atoms with Crippen molar-refractivity contribution in [2.24, 2.45) is 0 Å². The van der Waals surface area contributed by atoms with Crippen LogP contribution < -0.4 is 0 Å². The second-order valence-electron chi connectivity index (χ2n) is 4.96. The van der Waals surface area contributed by atoms with Gasteiger partial charge in [-0.25, -0.2) is 0 Å². The first-order valence-corrected chi connectivity index (χ1v) is 9.19. The van der Waals surface area contributed by atoms with Crippen LogP contribution in [0.1, 0.15) is 11.7 Å². The summed E-state index contributed by atoms with van der Waals surface area (Å²) in [7, 11) is 0. The van der Waals surface area contributed by atoms with Crippen molar-refractivity contribution in [1.29, 1.82) is 0 Å². The van der Waals surface area contributed by atoms with E-state index in [1.165, 1.54) is 23.1 Å². The first-order chi connectivity index (χ1) is 11.1. The van der Waals surface area contributed by atoms with Gasteiger partial charge in [0.25, 0.3) is 0 Å². The maximum atomic E-state index is 12.4. The average Bonchev–Trinajstić information content (AvgIpc) is 2.98. The molecule has 23 heavy (non-hydrogen) atoms. The lowest BCUT2D eigenvalue weighted by atomic mass is 10.1. The number of nitrogens with one attached hydrogen (secondary N) is 1. The predicted octanol–water partition coefficient (Wildman–Crippen LogP) is 2.60. The van der Waals surface area contributed by atoms with E-state index < -0.39 is 0 Å². The summed E-state index contributed by atoms with van der Waals surface area (Å²) in [4.78, 5) is 14.2. The number of ether oxygens (including phenoxy) is 1. The molecule has 0 saturated carbocycles. The largest absolute Gasteiger partial charge is 0.508 e. The SMILES string of the molecule is O=C(CSc1n[nH]c(=S)s1)N1CCOC(c2cccc(O)c2)C1. The van der Waals surface area contributed by atoms with Crippen molar-refractivity contribution in [3.63, 3.8) is 0 Å². The van der Waals surface area contributed by atoms with E-state index in [9.17, 15) is 9.90 Å². The van der Waals surface area contributed by atoms with Crippen LogP contribution >= 0.6 is 35.3 Å². The number of H-pyrrole nitrogens is 1. The zero-order chi connectivity index (χ0) is 16.2. The van der Waals surface area contributed by atoms with E-state index in [1.807, 2.05) is 6.07 Å². The summed E-state index contributed by atoms with van der Waals surface area (Å²) in [6, 6.07) is 6.95. The molecule has 0 radical (unpaired) electrons. The highest BCUT2D eigenvalue weighted by molar-refractivity contribution is 8.01. The van der Waals surface area contributed by atoms with E-state index in [-0.39, 0.29) is 17.8 Å². The molecule has 2 aromatic rings. The summed E-state index contributed by atoms with van der Waals surface area (Å²) >= 11 is 7.72. The third kappa shape index (κ3) is 4.31. The van der Waals surface area contributed by atoms with Gasteiger partial charge in [-0.3, -0.25) is 9.89 Å². The number of morpholine rings is 1. The summed E-state index contributed by atoms with van der Waals surface area (Å²) in [6.07, 6.45) is -0.211. The number of thioether (sulfide) groups is 1. The molecule has 6 nitrogen and oxygen atoms in total. The van der Waals surface area contributed by atoms with Gasteiger partial charge in [-0.2, -0.15) is 5.10 Å². The lowest BCUT2D eigenvalue weighted by Crippen LogP contribution is -2.43. The van der Waals surface area contributed by atoms with E-state index >= 15 is 0 Å². The third-order valence-corrected chi connectivity index (χ3v) is 5.62. The number of aromatic amines is 1. The maximum Gasteiger partial charge on any atom is 0.233 e. The fraction of sp³-hybridized carbons (Fsp3) is 0.357. The number of phenolic OH excluding ortho intramolecular Hbond substituents is 1. The highest BCUT2D eigenvalue weighted by atomic mass is 32.2. The van der Waals surface area contributed by atoms with Gasteiger partial charge in [-0.05, 0) is 29.9 Å².